The van der Waals surface area contributed by atoms with Gasteiger partial charge >= 0.3 is 0 Å². The van der Waals surface area contributed by atoms with Crippen molar-refractivity contribution in [3.05, 3.63) is 47.0 Å². The van der Waals surface area contributed by atoms with Gasteiger partial charge in [-0.1, -0.05) is 25.1 Å². The van der Waals surface area contributed by atoms with Crippen LogP contribution >= 0.6 is 0 Å². The molecule has 2 atom stereocenters. The summed E-state index contributed by atoms with van der Waals surface area (Å²) in [4.78, 5) is 4.89. The summed E-state index contributed by atoms with van der Waals surface area (Å²) in [5.74, 6) is 2.39. The lowest BCUT2D eigenvalue weighted by Crippen LogP contribution is -2.40. The van der Waals surface area contributed by atoms with E-state index in [1.807, 2.05) is 0 Å². The highest BCUT2D eigenvalue weighted by Gasteiger charge is 2.17. The number of aliphatic imine (C=N–C) groups is 1. The first kappa shape index (κ1) is 21.8. The van der Waals surface area contributed by atoms with Gasteiger partial charge in [0, 0.05) is 38.6 Å². The van der Waals surface area contributed by atoms with Crippen LogP contribution in [0.2, 0.25) is 0 Å². The normalized spacial score (nSPS) is 19.8. The summed E-state index contributed by atoms with van der Waals surface area (Å²) in [6.07, 6.45) is 8.83. The van der Waals surface area contributed by atoms with E-state index in [1.54, 1.807) is 6.33 Å². The highest BCUT2D eigenvalue weighted by atomic mass is 16.5. The highest BCUT2D eigenvalue weighted by molar-refractivity contribution is 5.80. The van der Waals surface area contributed by atoms with Crippen LogP contribution in [0.1, 0.15) is 61.7 Å². The Balaban J connectivity index is 1.39. The van der Waals surface area contributed by atoms with Crippen molar-refractivity contribution in [1.29, 1.82) is 0 Å². The minimum atomic E-state index is 0.194. The first-order valence-corrected chi connectivity index (χ1v) is 11.8. The van der Waals surface area contributed by atoms with Gasteiger partial charge in [-0.3, -0.25) is 4.99 Å². The average Bonchev–Trinajstić information content (AvgIpc) is 3.48. The number of nitrogens with one attached hydrogen (secondary N) is 2. The van der Waals surface area contributed by atoms with Gasteiger partial charge in [0.1, 0.15) is 12.2 Å². The summed E-state index contributed by atoms with van der Waals surface area (Å²) in [5, 5.41) is 15.3. The summed E-state index contributed by atoms with van der Waals surface area (Å²) >= 11 is 0. The van der Waals surface area contributed by atoms with Crippen LogP contribution in [-0.2, 0) is 30.5 Å². The summed E-state index contributed by atoms with van der Waals surface area (Å²) in [7, 11) is 0. The number of fused-ring (bicyclic) bond motifs is 1. The van der Waals surface area contributed by atoms with Gasteiger partial charge in [-0.05, 0) is 55.7 Å². The van der Waals surface area contributed by atoms with E-state index in [9.17, 15) is 0 Å². The van der Waals surface area contributed by atoms with Crippen molar-refractivity contribution in [2.24, 2.45) is 10.9 Å². The fourth-order valence-corrected chi connectivity index (χ4v) is 4.45. The van der Waals surface area contributed by atoms with E-state index in [0.717, 1.165) is 57.5 Å². The molecule has 2 aliphatic rings. The second kappa shape index (κ2) is 10.8. The number of nitrogens with zero attached hydrogens (tertiary/aromatic N) is 4. The minimum Gasteiger partial charge on any atom is -0.381 e. The third-order valence-electron chi connectivity index (χ3n) is 6.41. The van der Waals surface area contributed by atoms with Gasteiger partial charge in [0.15, 0.2) is 5.96 Å². The van der Waals surface area contributed by atoms with Crippen molar-refractivity contribution in [3.63, 3.8) is 0 Å². The molecule has 2 unspecified atom stereocenters. The Labute approximate surface area is 185 Å². The van der Waals surface area contributed by atoms with Gasteiger partial charge in [0.25, 0.3) is 0 Å². The number of ether oxygens (including phenoxy) is 1. The van der Waals surface area contributed by atoms with Gasteiger partial charge < -0.3 is 19.9 Å². The molecule has 2 aromatic rings. The molecule has 1 aromatic carbocycles. The van der Waals surface area contributed by atoms with Crippen molar-refractivity contribution in [3.8, 4) is 0 Å². The molecule has 1 aliphatic heterocycles. The van der Waals surface area contributed by atoms with Gasteiger partial charge in [0.05, 0.1) is 12.6 Å². The summed E-state index contributed by atoms with van der Waals surface area (Å²) in [6, 6.07) is 7.17. The van der Waals surface area contributed by atoms with Crippen LogP contribution < -0.4 is 10.6 Å². The number of hydrogen-bond donors (Lipinski definition) is 2. The fraction of sp³-hybridized carbons (Fsp3) is 0.625. The zero-order chi connectivity index (χ0) is 21.5. The van der Waals surface area contributed by atoms with Crippen molar-refractivity contribution in [2.75, 3.05) is 26.3 Å². The molecule has 0 radical (unpaired) electrons. The third kappa shape index (κ3) is 5.85. The van der Waals surface area contributed by atoms with Crippen LogP contribution in [0.5, 0.6) is 0 Å². The molecule has 0 saturated carbocycles. The van der Waals surface area contributed by atoms with Gasteiger partial charge in [-0.15, -0.1) is 10.2 Å². The van der Waals surface area contributed by atoms with Crippen LogP contribution in [0.4, 0.5) is 0 Å². The van der Waals surface area contributed by atoms with Gasteiger partial charge in [-0.25, -0.2) is 0 Å². The summed E-state index contributed by atoms with van der Waals surface area (Å²) in [6.45, 7) is 8.37. The Morgan fingerprint density at radius 2 is 2.16 bits per heavy atom. The maximum Gasteiger partial charge on any atom is 0.191 e. The predicted octanol–water partition coefficient (Wildman–Crippen LogP) is 3.05. The topological polar surface area (TPSA) is 76.4 Å². The first-order valence-electron chi connectivity index (χ1n) is 11.8. The molecule has 1 saturated heterocycles. The Hall–Kier alpha value is -2.41. The number of benzene rings is 1. The quantitative estimate of drug-likeness (QED) is 0.503. The third-order valence-corrected chi connectivity index (χ3v) is 6.41. The molecule has 7 nitrogen and oxygen atoms in total. The molecule has 1 fully saturated rings. The smallest absolute Gasteiger partial charge is 0.191 e. The predicted molar refractivity (Wildman–Crippen MR) is 123 cm³/mol. The Kier molecular flexibility index (Phi) is 7.57. The van der Waals surface area contributed by atoms with Crippen LogP contribution in [-0.4, -0.2) is 47.0 Å². The maximum atomic E-state index is 5.52. The Morgan fingerprint density at radius 1 is 1.29 bits per heavy atom. The standard InChI is InChI=1S/C24H36N6O/c1-3-23-29-27-17-30(23)12-11-25-24(26-15-19-10-13-31-16-19)28-18(2)21-9-8-20-6-4-5-7-22(20)14-21/h8-9,14,17-19H,3-7,10-13,15-16H2,1-2H3,(H2,25,26,28). The van der Waals surface area contributed by atoms with Gasteiger partial charge in [-0.2, -0.15) is 0 Å². The Bertz CT molecular complexity index is 871. The van der Waals surface area contributed by atoms with Crippen molar-refractivity contribution >= 4 is 5.96 Å². The van der Waals surface area contributed by atoms with Crippen molar-refractivity contribution in [1.82, 2.24) is 25.4 Å². The molecular formula is C24H36N6O. The molecule has 0 amide bonds. The SMILES string of the molecule is CCc1nncn1CCNC(=NCC1CCOC1)NC(C)c1ccc2c(c1)CCCC2. The molecule has 4 rings (SSSR count). The lowest BCUT2D eigenvalue weighted by atomic mass is 9.89. The zero-order valence-corrected chi connectivity index (χ0v) is 18.9. The molecule has 0 bridgehead atoms. The number of hydrogen-bond acceptors (Lipinski definition) is 4. The molecule has 7 heteroatoms. The molecule has 2 N–H and O–H groups in total. The second-order valence-electron chi connectivity index (χ2n) is 8.74. The van der Waals surface area contributed by atoms with Gasteiger partial charge in [0.2, 0.25) is 0 Å². The van der Waals surface area contributed by atoms with Crippen LogP contribution in [0, 0.1) is 5.92 Å². The monoisotopic (exact) mass is 424 g/mol. The minimum absolute atomic E-state index is 0.194. The number of guanidine groups is 1. The van der Waals surface area contributed by atoms with E-state index >= 15 is 0 Å². The average molecular weight is 425 g/mol. The lowest BCUT2D eigenvalue weighted by Gasteiger charge is -2.22. The van der Waals surface area contributed by atoms with E-state index in [-0.39, 0.29) is 6.04 Å². The lowest BCUT2D eigenvalue weighted by molar-refractivity contribution is 0.187. The molecular weight excluding hydrogens is 388 g/mol. The Morgan fingerprint density at radius 3 is 2.97 bits per heavy atom. The maximum absolute atomic E-state index is 5.52. The summed E-state index contributed by atoms with van der Waals surface area (Å²) < 4.78 is 7.62. The van der Waals surface area contributed by atoms with E-state index in [2.05, 4.69) is 57.4 Å². The molecule has 0 spiro atoms. The molecule has 31 heavy (non-hydrogen) atoms. The highest BCUT2D eigenvalue weighted by Crippen LogP contribution is 2.24. The second-order valence-corrected chi connectivity index (χ2v) is 8.74. The zero-order valence-electron chi connectivity index (χ0n) is 18.9. The number of rotatable bonds is 8. The summed E-state index contributed by atoms with van der Waals surface area (Å²) in [5.41, 5.74) is 4.37. The molecule has 168 valence electrons. The van der Waals surface area contributed by atoms with E-state index < -0.39 is 0 Å². The van der Waals surface area contributed by atoms with Crippen LogP contribution in [0.15, 0.2) is 29.5 Å². The number of aromatic nitrogens is 3. The first-order chi connectivity index (χ1) is 15.2. The molecule has 1 aromatic heterocycles. The van der Waals surface area contributed by atoms with E-state index in [1.165, 1.54) is 42.4 Å². The molecule has 2 heterocycles. The van der Waals surface area contributed by atoms with Crippen molar-refractivity contribution in [2.45, 2.75) is 65.0 Å². The van der Waals surface area contributed by atoms with Crippen molar-refractivity contribution < 1.29 is 4.74 Å². The van der Waals surface area contributed by atoms with E-state index in [4.69, 9.17) is 9.73 Å². The van der Waals surface area contributed by atoms with E-state index in [0.29, 0.717) is 5.92 Å². The fourth-order valence-electron chi connectivity index (χ4n) is 4.45. The van der Waals surface area contributed by atoms with Crippen LogP contribution in [0.3, 0.4) is 0 Å². The number of aryl methyl sites for hydroxylation is 3. The molecule has 1 aliphatic carbocycles. The largest absolute Gasteiger partial charge is 0.381 e. The van der Waals surface area contributed by atoms with Crippen LogP contribution in [0.25, 0.3) is 0 Å².